The molecule has 2 aliphatic heterocycles. The predicted molar refractivity (Wildman–Crippen MR) is 131 cm³/mol. The van der Waals surface area contributed by atoms with Crippen molar-refractivity contribution in [1.82, 2.24) is 4.90 Å². The largest absolute Gasteiger partial charge is 0.448 e. The van der Waals surface area contributed by atoms with Gasteiger partial charge in [0, 0.05) is 17.5 Å². The van der Waals surface area contributed by atoms with Crippen molar-refractivity contribution in [3.8, 4) is 16.9 Å². The molecule has 3 aromatic rings. The minimum absolute atomic E-state index is 0.0587. The first kappa shape index (κ1) is 23.6. The van der Waals surface area contributed by atoms with Gasteiger partial charge in [0.15, 0.2) is 0 Å². The highest BCUT2D eigenvalue weighted by molar-refractivity contribution is 5.80. The van der Waals surface area contributed by atoms with Crippen LogP contribution in [0.4, 0.5) is 18.0 Å². The molecule has 1 fully saturated rings. The third-order valence-electron chi connectivity index (χ3n) is 7.25. The average molecular weight is 508 g/mol. The highest BCUT2D eigenvalue weighted by Gasteiger charge is 2.40. The SMILES string of the molecule is O=C(OCC1c2ccccc2-c2ccccc21)N1C2C=C(c3ccc(F)cc3OC(F)F)CC1COC2. The van der Waals surface area contributed by atoms with Crippen LogP contribution < -0.4 is 4.74 Å². The summed E-state index contributed by atoms with van der Waals surface area (Å²) in [5, 5.41) is 0. The van der Waals surface area contributed by atoms with E-state index in [0.29, 0.717) is 17.6 Å². The summed E-state index contributed by atoms with van der Waals surface area (Å²) in [6.07, 6.45) is 1.69. The Kier molecular flexibility index (Phi) is 6.12. The van der Waals surface area contributed by atoms with E-state index in [0.717, 1.165) is 28.3 Å². The number of alkyl halides is 2. The van der Waals surface area contributed by atoms with E-state index >= 15 is 0 Å². The Bertz CT molecular complexity index is 1330. The van der Waals surface area contributed by atoms with Gasteiger partial charge >= 0.3 is 12.7 Å². The van der Waals surface area contributed by atoms with E-state index in [-0.39, 0.29) is 37.5 Å². The van der Waals surface area contributed by atoms with Crippen LogP contribution in [0.15, 0.2) is 72.8 Å². The molecule has 37 heavy (non-hydrogen) atoms. The molecule has 190 valence electrons. The van der Waals surface area contributed by atoms with E-state index in [4.69, 9.17) is 9.47 Å². The fourth-order valence-corrected chi connectivity index (χ4v) is 5.70. The number of nitrogens with zero attached hydrogens (tertiary/aromatic N) is 1. The molecule has 3 aliphatic rings. The lowest BCUT2D eigenvalue weighted by Crippen LogP contribution is -2.56. The van der Waals surface area contributed by atoms with Gasteiger partial charge in [0.1, 0.15) is 18.2 Å². The van der Waals surface area contributed by atoms with Gasteiger partial charge in [-0.2, -0.15) is 8.78 Å². The number of ether oxygens (including phenoxy) is 3. The predicted octanol–water partition coefficient (Wildman–Crippen LogP) is 6.23. The van der Waals surface area contributed by atoms with Crippen LogP contribution >= 0.6 is 0 Å². The van der Waals surface area contributed by atoms with Gasteiger partial charge in [-0.15, -0.1) is 0 Å². The number of carbonyl (C=O) groups excluding carboxylic acids is 1. The van der Waals surface area contributed by atoms with Crippen molar-refractivity contribution >= 4 is 11.7 Å². The van der Waals surface area contributed by atoms with Crippen LogP contribution in [0.3, 0.4) is 0 Å². The van der Waals surface area contributed by atoms with Crippen LogP contribution in [0, 0.1) is 5.82 Å². The van der Waals surface area contributed by atoms with Crippen molar-refractivity contribution in [2.75, 3.05) is 19.8 Å². The molecule has 5 nitrogen and oxygen atoms in total. The lowest BCUT2D eigenvalue weighted by molar-refractivity contribution is -0.0503. The third-order valence-corrected chi connectivity index (χ3v) is 7.25. The maximum Gasteiger partial charge on any atom is 0.410 e. The zero-order valence-corrected chi connectivity index (χ0v) is 19.8. The number of amides is 1. The van der Waals surface area contributed by atoms with Crippen molar-refractivity contribution in [2.45, 2.75) is 31.0 Å². The summed E-state index contributed by atoms with van der Waals surface area (Å²) >= 11 is 0. The second-order valence-corrected chi connectivity index (χ2v) is 9.38. The Morgan fingerprint density at radius 3 is 2.35 bits per heavy atom. The molecular weight excluding hydrogens is 483 g/mol. The number of halogens is 3. The fourth-order valence-electron chi connectivity index (χ4n) is 5.70. The Morgan fingerprint density at radius 2 is 1.68 bits per heavy atom. The zero-order chi connectivity index (χ0) is 25.5. The molecule has 1 saturated heterocycles. The molecule has 2 bridgehead atoms. The first-order chi connectivity index (χ1) is 18.0. The molecule has 1 aliphatic carbocycles. The van der Waals surface area contributed by atoms with Crippen LogP contribution in [0.5, 0.6) is 5.75 Å². The van der Waals surface area contributed by atoms with Gasteiger partial charge in [-0.25, -0.2) is 9.18 Å². The van der Waals surface area contributed by atoms with Crippen molar-refractivity contribution in [3.63, 3.8) is 0 Å². The van der Waals surface area contributed by atoms with E-state index in [1.165, 1.54) is 12.1 Å². The van der Waals surface area contributed by atoms with Crippen LogP contribution in [-0.2, 0) is 9.47 Å². The summed E-state index contributed by atoms with van der Waals surface area (Å²) in [6.45, 7) is -2.35. The summed E-state index contributed by atoms with van der Waals surface area (Å²) in [6, 6.07) is 19.1. The highest BCUT2D eigenvalue weighted by Crippen LogP contribution is 2.45. The minimum atomic E-state index is -3.08. The number of benzene rings is 3. The first-order valence-corrected chi connectivity index (χ1v) is 12.2. The van der Waals surface area contributed by atoms with Gasteiger partial charge in [0.2, 0.25) is 0 Å². The Hall–Kier alpha value is -3.78. The summed E-state index contributed by atoms with van der Waals surface area (Å²) in [7, 11) is 0. The highest BCUT2D eigenvalue weighted by atomic mass is 19.3. The number of morpholine rings is 1. The van der Waals surface area contributed by atoms with Crippen LogP contribution in [0.2, 0.25) is 0 Å². The molecule has 6 rings (SSSR count). The summed E-state index contributed by atoms with van der Waals surface area (Å²) < 4.78 is 55.7. The molecule has 0 spiro atoms. The van der Waals surface area contributed by atoms with E-state index in [2.05, 4.69) is 29.0 Å². The molecule has 0 aromatic heterocycles. The molecule has 0 N–H and O–H groups in total. The summed E-state index contributed by atoms with van der Waals surface area (Å²) in [5.74, 6) is -0.953. The standard InChI is InChI=1S/C29H24F3NO4/c30-18-9-10-21(27(13-18)37-28(31)32)17-11-19-14-35-15-20(12-17)33(19)29(34)36-16-26-24-7-3-1-5-22(24)23-6-2-4-8-25(23)26/h1-11,13,19-20,26,28H,12,14-16H2. The van der Waals surface area contributed by atoms with Gasteiger partial charge < -0.3 is 14.2 Å². The van der Waals surface area contributed by atoms with E-state index in [1.807, 2.05) is 24.3 Å². The van der Waals surface area contributed by atoms with Crippen molar-refractivity contribution in [1.29, 1.82) is 0 Å². The number of carbonyl (C=O) groups is 1. The maximum atomic E-state index is 13.7. The lowest BCUT2D eigenvalue weighted by atomic mass is 9.89. The monoisotopic (exact) mass is 507 g/mol. The number of hydrogen-bond donors (Lipinski definition) is 0. The number of rotatable bonds is 5. The van der Waals surface area contributed by atoms with Crippen LogP contribution in [0.25, 0.3) is 16.7 Å². The number of fused-ring (bicyclic) bond motifs is 5. The number of hydrogen-bond acceptors (Lipinski definition) is 4. The average Bonchev–Trinajstić information content (AvgIpc) is 3.20. The molecule has 2 unspecified atom stereocenters. The van der Waals surface area contributed by atoms with E-state index < -0.39 is 24.6 Å². The van der Waals surface area contributed by atoms with Gasteiger partial charge in [-0.05, 0) is 46.4 Å². The quantitative estimate of drug-likeness (QED) is 0.411. The molecule has 2 heterocycles. The van der Waals surface area contributed by atoms with E-state index in [9.17, 15) is 18.0 Å². The van der Waals surface area contributed by atoms with Gasteiger partial charge in [-0.3, -0.25) is 4.90 Å². The summed E-state index contributed by atoms with van der Waals surface area (Å²) in [5.41, 5.74) is 5.64. The van der Waals surface area contributed by atoms with E-state index in [1.54, 1.807) is 11.0 Å². The van der Waals surface area contributed by atoms with Crippen LogP contribution in [-0.4, -0.2) is 49.5 Å². The molecule has 0 radical (unpaired) electrons. The molecule has 0 saturated carbocycles. The molecular formula is C29H24F3NO4. The second kappa shape index (κ2) is 9.59. The van der Waals surface area contributed by atoms with Gasteiger partial charge in [0.05, 0.1) is 25.3 Å². The molecule has 2 atom stereocenters. The van der Waals surface area contributed by atoms with Crippen molar-refractivity contribution in [2.24, 2.45) is 0 Å². The smallest absolute Gasteiger partial charge is 0.410 e. The third kappa shape index (κ3) is 4.35. The second-order valence-electron chi connectivity index (χ2n) is 9.38. The maximum absolute atomic E-state index is 13.7. The summed E-state index contributed by atoms with van der Waals surface area (Å²) in [4.78, 5) is 15.0. The molecule has 3 aromatic carbocycles. The van der Waals surface area contributed by atoms with Crippen LogP contribution in [0.1, 0.15) is 29.0 Å². The van der Waals surface area contributed by atoms with Gasteiger partial charge in [0.25, 0.3) is 0 Å². The first-order valence-electron chi connectivity index (χ1n) is 12.2. The van der Waals surface area contributed by atoms with Crippen molar-refractivity contribution < 1.29 is 32.2 Å². The Balaban J connectivity index is 1.23. The minimum Gasteiger partial charge on any atom is -0.448 e. The van der Waals surface area contributed by atoms with Gasteiger partial charge in [-0.1, -0.05) is 54.6 Å². The Morgan fingerprint density at radius 1 is 0.973 bits per heavy atom. The lowest BCUT2D eigenvalue weighted by Gasteiger charge is -2.44. The topological polar surface area (TPSA) is 48.0 Å². The zero-order valence-electron chi connectivity index (χ0n) is 19.8. The normalized spacial score (nSPS) is 20.3. The fraction of sp³-hybridized carbons (Fsp3) is 0.276. The van der Waals surface area contributed by atoms with Crippen molar-refractivity contribution in [3.05, 3.63) is 95.3 Å². The Labute approximate surface area is 212 Å². The molecule has 1 amide bonds. The molecule has 8 heteroatoms.